The molecule has 1 N–H and O–H groups in total. The Labute approximate surface area is 134 Å². The van der Waals surface area contributed by atoms with Crippen molar-refractivity contribution in [3.05, 3.63) is 28.2 Å². The Bertz CT molecular complexity index is 506. The van der Waals surface area contributed by atoms with Crippen LogP contribution < -0.4 is 10.1 Å². The Morgan fingerprint density at radius 2 is 2.29 bits per heavy atom. The fraction of sp³-hybridized carbons (Fsp3) is 0.562. The molecule has 1 aliphatic rings. The average Bonchev–Trinajstić information content (AvgIpc) is 2.96. The number of methoxy groups -OCH3 is 1. The van der Waals surface area contributed by atoms with E-state index in [0.717, 1.165) is 16.6 Å². The smallest absolute Gasteiger partial charge is 0.323 e. The number of carbonyl (C=O) groups is 1. The summed E-state index contributed by atoms with van der Waals surface area (Å²) >= 11 is 3.57. The summed E-state index contributed by atoms with van der Waals surface area (Å²) in [5, 5.41) is 3.12. The molecule has 116 valence electrons. The molecule has 1 unspecified atom stereocenters. The van der Waals surface area contributed by atoms with Gasteiger partial charge < -0.3 is 14.8 Å². The van der Waals surface area contributed by atoms with Gasteiger partial charge in [-0.05, 0) is 46.0 Å². The second-order valence-electron chi connectivity index (χ2n) is 5.46. The van der Waals surface area contributed by atoms with Gasteiger partial charge >= 0.3 is 5.97 Å². The fourth-order valence-electron chi connectivity index (χ4n) is 2.45. The molecule has 5 heteroatoms. The van der Waals surface area contributed by atoms with Gasteiger partial charge in [-0.3, -0.25) is 4.79 Å². The minimum absolute atomic E-state index is 0.0140. The van der Waals surface area contributed by atoms with Crippen molar-refractivity contribution in [2.75, 3.05) is 13.7 Å². The van der Waals surface area contributed by atoms with Crippen LogP contribution in [0.5, 0.6) is 5.75 Å². The Hall–Kier alpha value is -1.07. The molecule has 21 heavy (non-hydrogen) atoms. The lowest BCUT2D eigenvalue weighted by atomic mass is 9.99. The zero-order valence-electron chi connectivity index (χ0n) is 12.7. The molecule has 4 nitrogen and oxygen atoms in total. The van der Waals surface area contributed by atoms with Crippen LogP contribution in [0.2, 0.25) is 0 Å². The molecule has 1 aromatic carbocycles. The van der Waals surface area contributed by atoms with Gasteiger partial charge in [-0.25, -0.2) is 0 Å². The molecular weight excluding hydrogens is 334 g/mol. The topological polar surface area (TPSA) is 47.6 Å². The van der Waals surface area contributed by atoms with Crippen molar-refractivity contribution >= 4 is 21.9 Å². The number of ether oxygens (including phenoxy) is 2. The minimum atomic E-state index is -0.266. The zero-order valence-corrected chi connectivity index (χ0v) is 14.3. The van der Waals surface area contributed by atoms with Gasteiger partial charge in [0.2, 0.25) is 0 Å². The van der Waals surface area contributed by atoms with E-state index in [1.807, 2.05) is 6.07 Å². The standard InChI is InChI=1S/C16H22BrNO3/c1-4-10(2)11-5-6-15(13(17)7-11)21-12-8-14(18-9-12)16(19)20-3/h5-7,10,12,14,18H,4,8-9H2,1-3H3/t10?,12-,14-/m0/s1. The summed E-state index contributed by atoms with van der Waals surface area (Å²) in [4.78, 5) is 11.5. The van der Waals surface area contributed by atoms with E-state index in [4.69, 9.17) is 9.47 Å². The molecule has 1 fully saturated rings. The Morgan fingerprint density at radius 3 is 2.90 bits per heavy atom. The van der Waals surface area contributed by atoms with Crippen molar-refractivity contribution in [1.29, 1.82) is 0 Å². The molecule has 0 bridgehead atoms. The maximum absolute atomic E-state index is 11.5. The highest BCUT2D eigenvalue weighted by Gasteiger charge is 2.31. The molecule has 0 amide bonds. The molecule has 0 aromatic heterocycles. The monoisotopic (exact) mass is 355 g/mol. The van der Waals surface area contributed by atoms with Crippen molar-refractivity contribution in [3.8, 4) is 5.75 Å². The van der Waals surface area contributed by atoms with Gasteiger partial charge in [0, 0.05) is 13.0 Å². The van der Waals surface area contributed by atoms with E-state index in [-0.39, 0.29) is 18.1 Å². The third kappa shape index (κ3) is 3.98. The quantitative estimate of drug-likeness (QED) is 0.823. The lowest BCUT2D eigenvalue weighted by Gasteiger charge is -2.16. The second-order valence-corrected chi connectivity index (χ2v) is 6.31. The number of hydrogen-bond acceptors (Lipinski definition) is 4. The predicted molar refractivity (Wildman–Crippen MR) is 85.7 cm³/mol. The molecular formula is C16H22BrNO3. The maximum Gasteiger partial charge on any atom is 0.323 e. The van der Waals surface area contributed by atoms with Crippen LogP contribution in [0, 0.1) is 0 Å². The van der Waals surface area contributed by atoms with Crippen LogP contribution in [0.15, 0.2) is 22.7 Å². The highest BCUT2D eigenvalue weighted by molar-refractivity contribution is 9.10. The molecule has 0 spiro atoms. The summed E-state index contributed by atoms with van der Waals surface area (Å²) in [6.45, 7) is 5.05. The number of halogens is 1. The van der Waals surface area contributed by atoms with Gasteiger partial charge in [-0.1, -0.05) is 19.9 Å². The van der Waals surface area contributed by atoms with E-state index in [2.05, 4.69) is 47.2 Å². The van der Waals surface area contributed by atoms with E-state index in [9.17, 15) is 4.79 Å². The third-order valence-electron chi connectivity index (χ3n) is 4.01. The lowest BCUT2D eigenvalue weighted by molar-refractivity contribution is -0.142. The molecule has 0 aliphatic carbocycles. The lowest BCUT2D eigenvalue weighted by Crippen LogP contribution is -2.31. The highest BCUT2D eigenvalue weighted by atomic mass is 79.9. The molecule has 1 saturated heterocycles. The number of carbonyl (C=O) groups excluding carboxylic acids is 1. The number of esters is 1. The van der Waals surface area contributed by atoms with Gasteiger partial charge in [0.25, 0.3) is 0 Å². The normalized spacial score (nSPS) is 22.9. The Morgan fingerprint density at radius 1 is 1.52 bits per heavy atom. The summed E-state index contributed by atoms with van der Waals surface area (Å²) in [6.07, 6.45) is 1.73. The average molecular weight is 356 g/mol. The maximum atomic E-state index is 11.5. The number of hydrogen-bond donors (Lipinski definition) is 1. The second kappa shape index (κ2) is 7.27. The van der Waals surface area contributed by atoms with Gasteiger partial charge in [0.1, 0.15) is 17.9 Å². The summed E-state index contributed by atoms with van der Waals surface area (Å²) in [5.41, 5.74) is 1.30. The van der Waals surface area contributed by atoms with Gasteiger partial charge in [0.15, 0.2) is 0 Å². The van der Waals surface area contributed by atoms with E-state index >= 15 is 0 Å². The summed E-state index contributed by atoms with van der Waals surface area (Å²) < 4.78 is 11.7. The van der Waals surface area contributed by atoms with E-state index < -0.39 is 0 Å². The van der Waals surface area contributed by atoms with Crippen LogP contribution in [0.4, 0.5) is 0 Å². The molecule has 0 radical (unpaired) electrons. The van der Waals surface area contributed by atoms with Crippen molar-refractivity contribution in [2.24, 2.45) is 0 Å². The third-order valence-corrected chi connectivity index (χ3v) is 4.63. The van der Waals surface area contributed by atoms with Crippen LogP contribution in [0.3, 0.4) is 0 Å². The Balaban J connectivity index is 1.99. The minimum Gasteiger partial charge on any atom is -0.488 e. The first kappa shape index (κ1) is 16.3. The van der Waals surface area contributed by atoms with E-state index in [1.165, 1.54) is 12.7 Å². The summed E-state index contributed by atoms with van der Waals surface area (Å²) in [5.74, 6) is 1.12. The van der Waals surface area contributed by atoms with Crippen LogP contribution >= 0.6 is 15.9 Å². The zero-order chi connectivity index (χ0) is 15.4. The van der Waals surface area contributed by atoms with Crippen LogP contribution in [0.1, 0.15) is 38.2 Å². The number of rotatable bonds is 5. The molecule has 0 saturated carbocycles. The molecule has 1 aliphatic heterocycles. The predicted octanol–water partition coefficient (Wildman–Crippen LogP) is 3.24. The fourth-order valence-corrected chi connectivity index (χ4v) is 2.94. The van der Waals surface area contributed by atoms with Gasteiger partial charge in [-0.15, -0.1) is 0 Å². The number of nitrogens with one attached hydrogen (secondary N) is 1. The van der Waals surface area contributed by atoms with Gasteiger partial charge in [0.05, 0.1) is 11.6 Å². The number of benzene rings is 1. The summed E-state index contributed by atoms with van der Waals surface area (Å²) in [6, 6.07) is 5.95. The summed E-state index contributed by atoms with van der Waals surface area (Å²) in [7, 11) is 1.41. The van der Waals surface area contributed by atoms with Crippen molar-refractivity contribution < 1.29 is 14.3 Å². The van der Waals surface area contributed by atoms with Crippen molar-refractivity contribution in [1.82, 2.24) is 5.32 Å². The van der Waals surface area contributed by atoms with Gasteiger partial charge in [-0.2, -0.15) is 0 Å². The van der Waals surface area contributed by atoms with Crippen LogP contribution in [-0.4, -0.2) is 31.8 Å². The first-order chi connectivity index (χ1) is 10.0. The van der Waals surface area contributed by atoms with E-state index in [0.29, 0.717) is 18.9 Å². The van der Waals surface area contributed by atoms with Crippen LogP contribution in [0.25, 0.3) is 0 Å². The first-order valence-corrected chi connectivity index (χ1v) is 8.11. The molecule has 3 atom stereocenters. The molecule has 1 aromatic rings. The highest BCUT2D eigenvalue weighted by Crippen LogP contribution is 2.31. The first-order valence-electron chi connectivity index (χ1n) is 7.32. The van der Waals surface area contributed by atoms with Crippen molar-refractivity contribution in [2.45, 2.75) is 44.8 Å². The van der Waals surface area contributed by atoms with Crippen LogP contribution in [-0.2, 0) is 9.53 Å². The molecule has 1 heterocycles. The van der Waals surface area contributed by atoms with E-state index in [1.54, 1.807) is 0 Å². The largest absolute Gasteiger partial charge is 0.488 e. The van der Waals surface area contributed by atoms with Crippen molar-refractivity contribution in [3.63, 3.8) is 0 Å². The SMILES string of the molecule is CCC(C)c1ccc(O[C@@H]2CN[C@H](C(=O)OC)C2)c(Br)c1. The molecule has 2 rings (SSSR count). The Kier molecular flexibility index (Phi) is 5.65.